The van der Waals surface area contributed by atoms with E-state index in [4.69, 9.17) is 14.6 Å². The van der Waals surface area contributed by atoms with Crippen molar-refractivity contribution in [2.45, 2.75) is 6.92 Å². The fourth-order valence-electron chi connectivity index (χ4n) is 1.77. The fraction of sp³-hybridized carbons (Fsp3) is 0.214. The van der Waals surface area contributed by atoms with E-state index in [1.54, 1.807) is 32.2 Å². The van der Waals surface area contributed by atoms with E-state index >= 15 is 0 Å². The van der Waals surface area contributed by atoms with E-state index in [0.717, 1.165) is 0 Å². The summed E-state index contributed by atoms with van der Waals surface area (Å²) in [6.07, 6.45) is 0. The molecule has 0 fully saturated rings. The Bertz CT molecular complexity index is 673. The molecule has 0 aliphatic rings. The first-order valence-corrected chi connectivity index (χ1v) is 6.11. The van der Waals surface area contributed by atoms with Gasteiger partial charge in [0.1, 0.15) is 11.5 Å². The molecule has 0 spiro atoms. The maximum atomic E-state index is 11.0. The molecule has 0 saturated heterocycles. The lowest BCUT2D eigenvalue weighted by Crippen LogP contribution is -2.07. The number of anilines is 2. The monoisotopic (exact) mass is 289 g/mol. The Morgan fingerprint density at radius 1 is 1.19 bits per heavy atom. The van der Waals surface area contributed by atoms with E-state index in [0.29, 0.717) is 22.9 Å². The highest BCUT2D eigenvalue weighted by Crippen LogP contribution is 2.30. The first-order chi connectivity index (χ1) is 10.0. The van der Waals surface area contributed by atoms with Gasteiger partial charge in [0.05, 0.1) is 19.9 Å². The third kappa shape index (κ3) is 3.38. The zero-order valence-electron chi connectivity index (χ0n) is 11.9. The summed E-state index contributed by atoms with van der Waals surface area (Å²) in [6.45, 7) is 1.70. The largest absolute Gasteiger partial charge is 0.497 e. The molecule has 0 bridgehead atoms. The van der Waals surface area contributed by atoms with Crippen molar-refractivity contribution in [2.75, 3.05) is 19.5 Å². The van der Waals surface area contributed by atoms with Crippen LogP contribution in [0.25, 0.3) is 0 Å². The molecule has 1 aromatic carbocycles. The number of rotatable bonds is 5. The third-order valence-corrected chi connectivity index (χ3v) is 2.73. The van der Waals surface area contributed by atoms with E-state index < -0.39 is 5.97 Å². The molecule has 1 aromatic heterocycles. The minimum Gasteiger partial charge on any atom is -0.497 e. The van der Waals surface area contributed by atoms with E-state index in [1.165, 1.54) is 13.2 Å². The zero-order chi connectivity index (χ0) is 15.4. The van der Waals surface area contributed by atoms with Crippen molar-refractivity contribution in [2.24, 2.45) is 0 Å². The van der Waals surface area contributed by atoms with Crippen molar-refractivity contribution in [3.63, 3.8) is 0 Å². The summed E-state index contributed by atoms with van der Waals surface area (Å²) < 4.78 is 10.4. The Labute approximate surface area is 121 Å². The van der Waals surface area contributed by atoms with Gasteiger partial charge < -0.3 is 19.9 Å². The first kappa shape index (κ1) is 14.6. The molecule has 0 radical (unpaired) electrons. The smallest absolute Gasteiger partial charge is 0.354 e. The molecule has 7 nitrogen and oxygen atoms in total. The van der Waals surface area contributed by atoms with Crippen LogP contribution in [0.2, 0.25) is 0 Å². The average molecular weight is 289 g/mol. The number of carbonyl (C=O) groups is 1. The second kappa shape index (κ2) is 6.08. The van der Waals surface area contributed by atoms with Crippen LogP contribution in [0.5, 0.6) is 11.5 Å². The highest BCUT2D eigenvalue weighted by molar-refractivity contribution is 5.85. The van der Waals surface area contributed by atoms with Crippen LogP contribution >= 0.6 is 0 Å². The summed E-state index contributed by atoms with van der Waals surface area (Å²) >= 11 is 0. The lowest BCUT2D eigenvalue weighted by molar-refractivity contribution is 0.0690. The Balaban J connectivity index is 2.39. The van der Waals surface area contributed by atoms with E-state index in [2.05, 4.69) is 15.3 Å². The van der Waals surface area contributed by atoms with Crippen LogP contribution in [-0.4, -0.2) is 35.3 Å². The number of nitrogens with zero attached hydrogens (tertiary/aromatic N) is 2. The Hall–Kier alpha value is -2.83. The Morgan fingerprint density at radius 3 is 2.57 bits per heavy atom. The SMILES string of the molecule is COc1ccc(OC)c(Nc2nc(C)cc(C(=O)O)n2)c1. The number of ether oxygens (including phenoxy) is 2. The van der Waals surface area contributed by atoms with Crippen LogP contribution < -0.4 is 14.8 Å². The lowest BCUT2D eigenvalue weighted by Gasteiger charge is -2.12. The van der Waals surface area contributed by atoms with Crippen molar-refractivity contribution in [3.8, 4) is 11.5 Å². The van der Waals surface area contributed by atoms with Gasteiger partial charge in [0.25, 0.3) is 0 Å². The first-order valence-electron chi connectivity index (χ1n) is 6.11. The molecule has 1 heterocycles. The molecule has 0 atom stereocenters. The molecule has 110 valence electrons. The third-order valence-electron chi connectivity index (χ3n) is 2.73. The van der Waals surface area contributed by atoms with Crippen molar-refractivity contribution in [3.05, 3.63) is 35.7 Å². The number of aryl methyl sites for hydroxylation is 1. The second-order valence-corrected chi connectivity index (χ2v) is 4.21. The van der Waals surface area contributed by atoms with Gasteiger partial charge in [-0.05, 0) is 25.1 Å². The average Bonchev–Trinajstić information content (AvgIpc) is 2.46. The summed E-state index contributed by atoms with van der Waals surface area (Å²) in [5.74, 6) is 0.266. The Morgan fingerprint density at radius 2 is 1.95 bits per heavy atom. The molecule has 0 aliphatic heterocycles. The maximum Gasteiger partial charge on any atom is 0.354 e. The normalized spacial score (nSPS) is 10.0. The molecular formula is C14H15N3O4. The summed E-state index contributed by atoms with van der Waals surface area (Å²) in [5, 5.41) is 12.0. The number of methoxy groups -OCH3 is 2. The molecule has 2 rings (SSSR count). The van der Waals surface area contributed by atoms with Gasteiger partial charge in [0.2, 0.25) is 5.95 Å². The lowest BCUT2D eigenvalue weighted by atomic mass is 10.2. The molecule has 2 aromatic rings. The van der Waals surface area contributed by atoms with Gasteiger partial charge >= 0.3 is 5.97 Å². The molecule has 0 unspecified atom stereocenters. The van der Waals surface area contributed by atoms with Crippen LogP contribution in [0.1, 0.15) is 16.2 Å². The minimum absolute atomic E-state index is 0.0770. The molecule has 0 amide bonds. The number of benzene rings is 1. The number of aromatic carboxylic acids is 1. The number of aromatic nitrogens is 2. The highest BCUT2D eigenvalue weighted by Gasteiger charge is 2.11. The van der Waals surface area contributed by atoms with Crippen molar-refractivity contribution >= 4 is 17.6 Å². The summed E-state index contributed by atoms with van der Waals surface area (Å²) in [7, 11) is 3.09. The van der Waals surface area contributed by atoms with Gasteiger partial charge in [-0.3, -0.25) is 0 Å². The molecule has 0 saturated carbocycles. The number of hydrogen-bond donors (Lipinski definition) is 2. The number of carboxylic acids is 1. The quantitative estimate of drug-likeness (QED) is 0.871. The molecule has 0 aliphatic carbocycles. The van der Waals surface area contributed by atoms with Gasteiger partial charge in [0, 0.05) is 11.8 Å². The van der Waals surface area contributed by atoms with Crippen molar-refractivity contribution in [1.29, 1.82) is 0 Å². The second-order valence-electron chi connectivity index (χ2n) is 4.21. The van der Waals surface area contributed by atoms with Crippen LogP contribution in [0.3, 0.4) is 0 Å². The fourth-order valence-corrected chi connectivity index (χ4v) is 1.77. The molecule has 2 N–H and O–H groups in total. The molecule has 21 heavy (non-hydrogen) atoms. The standard InChI is InChI=1S/C14H15N3O4/c1-8-6-11(13(18)19)17-14(15-8)16-10-7-9(20-2)4-5-12(10)21-3/h4-7H,1-3H3,(H,18,19)(H,15,16,17). The van der Waals surface area contributed by atoms with Crippen LogP contribution in [0.4, 0.5) is 11.6 Å². The predicted octanol–water partition coefficient (Wildman–Crippen LogP) is 2.24. The van der Waals surface area contributed by atoms with Gasteiger partial charge in [-0.25, -0.2) is 14.8 Å². The van der Waals surface area contributed by atoms with Crippen molar-refractivity contribution in [1.82, 2.24) is 9.97 Å². The summed E-state index contributed by atoms with van der Waals surface area (Å²) in [5.41, 5.74) is 1.05. The van der Waals surface area contributed by atoms with Gasteiger partial charge in [-0.2, -0.15) is 0 Å². The number of hydrogen-bond acceptors (Lipinski definition) is 6. The van der Waals surface area contributed by atoms with Gasteiger partial charge in [-0.1, -0.05) is 0 Å². The molecule has 7 heteroatoms. The van der Waals surface area contributed by atoms with E-state index in [1.807, 2.05) is 0 Å². The maximum absolute atomic E-state index is 11.0. The topological polar surface area (TPSA) is 93.6 Å². The van der Waals surface area contributed by atoms with Crippen LogP contribution in [0.15, 0.2) is 24.3 Å². The van der Waals surface area contributed by atoms with Gasteiger partial charge in [0.15, 0.2) is 5.69 Å². The van der Waals surface area contributed by atoms with Gasteiger partial charge in [-0.15, -0.1) is 0 Å². The Kier molecular flexibility index (Phi) is 4.22. The predicted molar refractivity (Wildman–Crippen MR) is 76.6 cm³/mol. The minimum atomic E-state index is -1.11. The van der Waals surface area contributed by atoms with Crippen LogP contribution in [-0.2, 0) is 0 Å². The summed E-state index contributed by atoms with van der Waals surface area (Å²) in [4.78, 5) is 19.1. The van der Waals surface area contributed by atoms with E-state index in [-0.39, 0.29) is 11.6 Å². The van der Waals surface area contributed by atoms with Crippen molar-refractivity contribution < 1.29 is 19.4 Å². The zero-order valence-corrected chi connectivity index (χ0v) is 11.9. The highest BCUT2D eigenvalue weighted by atomic mass is 16.5. The molecular weight excluding hydrogens is 274 g/mol. The van der Waals surface area contributed by atoms with Crippen LogP contribution in [0, 0.1) is 6.92 Å². The number of carboxylic acid groups (broad SMARTS) is 1. The van der Waals surface area contributed by atoms with E-state index in [9.17, 15) is 4.79 Å². The summed E-state index contributed by atoms with van der Waals surface area (Å²) in [6, 6.07) is 6.60. The number of nitrogens with one attached hydrogen (secondary N) is 1.